The lowest BCUT2D eigenvalue weighted by atomic mass is 10.1. The first-order chi connectivity index (χ1) is 7.86. The van der Waals surface area contributed by atoms with Crippen LogP contribution in [0.5, 0.6) is 0 Å². The van der Waals surface area contributed by atoms with Gasteiger partial charge in [0.15, 0.2) is 0 Å². The molecule has 2 nitrogen and oxygen atoms in total. The van der Waals surface area contributed by atoms with Crippen LogP contribution in [0.3, 0.4) is 0 Å². The summed E-state index contributed by atoms with van der Waals surface area (Å²) in [7, 11) is 0. The Balaban J connectivity index is 2.17. The zero-order valence-corrected chi connectivity index (χ0v) is 9.61. The molecule has 2 aromatic heterocycles. The fourth-order valence-corrected chi connectivity index (χ4v) is 2.68. The molecule has 3 heterocycles. The summed E-state index contributed by atoms with van der Waals surface area (Å²) in [4.78, 5) is 4.22. The molecule has 0 saturated carbocycles. The number of fused-ring (bicyclic) bond motifs is 1. The quantitative estimate of drug-likeness (QED) is 0.709. The number of aromatic nitrogens is 2. The van der Waals surface area contributed by atoms with E-state index < -0.39 is 0 Å². The van der Waals surface area contributed by atoms with Gasteiger partial charge in [0.25, 0.3) is 0 Å². The van der Waals surface area contributed by atoms with Crippen LogP contribution < -0.4 is 0 Å². The van der Waals surface area contributed by atoms with Crippen LogP contribution in [0.4, 0.5) is 0 Å². The van der Waals surface area contributed by atoms with Crippen LogP contribution in [0.25, 0.3) is 11.3 Å². The van der Waals surface area contributed by atoms with Crippen molar-refractivity contribution in [3.8, 4) is 11.3 Å². The SMILES string of the molecule is Cc1cc2n(c1-c1cccnc1)CCCC2. The van der Waals surface area contributed by atoms with Crippen molar-refractivity contribution in [1.82, 2.24) is 9.55 Å². The maximum Gasteiger partial charge on any atom is 0.0527 e. The van der Waals surface area contributed by atoms with Crippen LogP contribution >= 0.6 is 0 Å². The Morgan fingerprint density at radius 2 is 2.25 bits per heavy atom. The number of hydrogen-bond donors (Lipinski definition) is 0. The molecular weight excluding hydrogens is 196 g/mol. The van der Waals surface area contributed by atoms with Gasteiger partial charge in [-0.25, -0.2) is 0 Å². The van der Waals surface area contributed by atoms with Gasteiger partial charge in [-0.3, -0.25) is 4.98 Å². The van der Waals surface area contributed by atoms with Gasteiger partial charge in [-0.15, -0.1) is 0 Å². The van der Waals surface area contributed by atoms with Crippen molar-refractivity contribution in [2.75, 3.05) is 0 Å². The van der Waals surface area contributed by atoms with Crippen molar-refractivity contribution in [2.45, 2.75) is 32.7 Å². The van der Waals surface area contributed by atoms with Crippen molar-refractivity contribution in [2.24, 2.45) is 0 Å². The number of aryl methyl sites for hydroxylation is 2. The molecular formula is C14H16N2. The van der Waals surface area contributed by atoms with E-state index in [0.717, 1.165) is 6.54 Å². The van der Waals surface area contributed by atoms with Crippen molar-refractivity contribution in [1.29, 1.82) is 0 Å². The Morgan fingerprint density at radius 3 is 3.06 bits per heavy atom. The molecule has 0 bridgehead atoms. The van der Waals surface area contributed by atoms with Gasteiger partial charge in [-0.05, 0) is 49.9 Å². The molecule has 0 aromatic carbocycles. The number of rotatable bonds is 1. The average Bonchev–Trinajstić information content (AvgIpc) is 2.66. The summed E-state index contributed by atoms with van der Waals surface area (Å²) in [5, 5.41) is 0. The summed E-state index contributed by atoms with van der Waals surface area (Å²) >= 11 is 0. The largest absolute Gasteiger partial charge is 0.344 e. The molecule has 0 fully saturated rings. The van der Waals surface area contributed by atoms with Crippen LogP contribution in [0.2, 0.25) is 0 Å². The normalized spacial score (nSPS) is 14.8. The number of hydrogen-bond acceptors (Lipinski definition) is 1. The van der Waals surface area contributed by atoms with Gasteiger partial charge in [-0.1, -0.05) is 0 Å². The van der Waals surface area contributed by atoms with E-state index in [1.807, 2.05) is 18.5 Å². The first kappa shape index (κ1) is 9.64. The van der Waals surface area contributed by atoms with Crippen molar-refractivity contribution >= 4 is 0 Å². The molecule has 0 unspecified atom stereocenters. The molecule has 0 N–H and O–H groups in total. The molecule has 0 atom stereocenters. The third-order valence-electron chi connectivity index (χ3n) is 3.37. The maximum absolute atomic E-state index is 4.22. The highest BCUT2D eigenvalue weighted by Gasteiger charge is 2.16. The van der Waals surface area contributed by atoms with E-state index in [-0.39, 0.29) is 0 Å². The second kappa shape index (κ2) is 3.78. The van der Waals surface area contributed by atoms with E-state index in [1.165, 1.54) is 41.8 Å². The lowest BCUT2D eigenvalue weighted by Gasteiger charge is -2.18. The second-order valence-electron chi connectivity index (χ2n) is 4.52. The van der Waals surface area contributed by atoms with Gasteiger partial charge < -0.3 is 4.57 Å². The Labute approximate surface area is 95.9 Å². The fourth-order valence-electron chi connectivity index (χ4n) is 2.68. The smallest absolute Gasteiger partial charge is 0.0527 e. The van der Waals surface area contributed by atoms with Gasteiger partial charge in [0, 0.05) is 30.2 Å². The van der Waals surface area contributed by atoms with Crippen molar-refractivity contribution < 1.29 is 0 Å². The third-order valence-corrected chi connectivity index (χ3v) is 3.37. The lowest BCUT2D eigenvalue weighted by molar-refractivity contribution is 0.537. The predicted molar refractivity (Wildman–Crippen MR) is 65.3 cm³/mol. The zero-order chi connectivity index (χ0) is 11.0. The highest BCUT2D eigenvalue weighted by atomic mass is 15.0. The van der Waals surface area contributed by atoms with Gasteiger partial charge >= 0.3 is 0 Å². The molecule has 82 valence electrons. The zero-order valence-electron chi connectivity index (χ0n) is 9.61. The molecule has 3 rings (SSSR count). The monoisotopic (exact) mass is 212 g/mol. The summed E-state index contributed by atoms with van der Waals surface area (Å²) < 4.78 is 2.47. The molecule has 1 aliphatic rings. The molecule has 16 heavy (non-hydrogen) atoms. The lowest BCUT2D eigenvalue weighted by Crippen LogP contribution is -2.10. The third kappa shape index (κ3) is 1.45. The fraction of sp³-hybridized carbons (Fsp3) is 0.357. The first-order valence-electron chi connectivity index (χ1n) is 5.95. The molecule has 1 aliphatic heterocycles. The number of nitrogens with zero attached hydrogens (tertiary/aromatic N) is 2. The Kier molecular flexibility index (Phi) is 2.28. The van der Waals surface area contributed by atoms with E-state index in [2.05, 4.69) is 28.6 Å². The van der Waals surface area contributed by atoms with Crippen LogP contribution in [-0.4, -0.2) is 9.55 Å². The summed E-state index contributed by atoms with van der Waals surface area (Å²) in [5.74, 6) is 0. The minimum atomic E-state index is 1.16. The summed E-state index contributed by atoms with van der Waals surface area (Å²) in [6.07, 6.45) is 7.65. The molecule has 2 heteroatoms. The van der Waals surface area contributed by atoms with Crippen LogP contribution in [-0.2, 0) is 13.0 Å². The van der Waals surface area contributed by atoms with E-state index in [0.29, 0.717) is 0 Å². The second-order valence-corrected chi connectivity index (χ2v) is 4.52. The Morgan fingerprint density at radius 1 is 1.31 bits per heavy atom. The van der Waals surface area contributed by atoms with Gasteiger partial charge in [0.1, 0.15) is 0 Å². The summed E-state index contributed by atoms with van der Waals surface area (Å²) in [5.41, 5.74) is 5.48. The molecule has 0 radical (unpaired) electrons. The van der Waals surface area contributed by atoms with E-state index in [9.17, 15) is 0 Å². The Bertz CT molecular complexity index is 497. The van der Waals surface area contributed by atoms with Crippen LogP contribution in [0.15, 0.2) is 30.6 Å². The maximum atomic E-state index is 4.22. The van der Waals surface area contributed by atoms with E-state index in [1.54, 1.807) is 0 Å². The van der Waals surface area contributed by atoms with Crippen molar-refractivity contribution in [3.05, 3.63) is 41.9 Å². The topological polar surface area (TPSA) is 17.8 Å². The number of pyridine rings is 1. The standard InChI is InChI=1S/C14H16N2/c1-11-9-13-6-2-3-8-16(13)14(11)12-5-4-7-15-10-12/h4-5,7,9-10H,2-3,6,8H2,1H3. The van der Waals surface area contributed by atoms with Gasteiger partial charge in [0.05, 0.1) is 5.69 Å². The van der Waals surface area contributed by atoms with E-state index in [4.69, 9.17) is 0 Å². The average molecular weight is 212 g/mol. The summed E-state index contributed by atoms with van der Waals surface area (Å²) in [6, 6.07) is 6.50. The van der Waals surface area contributed by atoms with Gasteiger partial charge in [-0.2, -0.15) is 0 Å². The molecule has 2 aromatic rings. The van der Waals surface area contributed by atoms with E-state index >= 15 is 0 Å². The van der Waals surface area contributed by atoms with Crippen molar-refractivity contribution in [3.63, 3.8) is 0 Å². The van der Waals surface area contributed by atoms with Gasteiger partial charge in [0.2, 0.25) is 0 Å². The van der Waals surface area contributed by atoms with Crippen LogP contribution in [0.1, 0.15) is 24.1 Å². The highest BCUT2D eigenvalue weighted by molar-refractivity contribution is 5.64. The minimum absolute atomic E-state index is 1.16. The summed E-state index contributed by atoms with van der Waals surface area (Å²) in [6.45, 7) is 3.36. The molecule has 0 saturated heterocycles. The first-order valence-corrected chi connectivity index (χ1v) is 5.95. The Hall–Kier alpha value is -1.57. The van der Waals surface area contributed by atoms with Crippen LogP contribution in [0, 0.1) is 6.92 Å². The molecule has 0 spiro atoms. The predicted octanol–water partition coefficient (Wildman–Crippen LogP) is 3.19. The molecule has 0 amide bonds. The molecule has 0 aliphatic carbocycles. The minimum Gasteiger partial charge on any atom is -0.344 e. The highest BCUT2D eigenvalue weighted by Crippen LogP contribution is 2.30.